The van der Waals surface area contributed by atoms with Crippen LogP contribution in [0.3, 0.4) is 0 Å². The van der Waals surface area contributed by atoms with Crippen LogP contribution >= 0.6 is 0 Å². The van der Waals surface area contributed by atoms with Crippen LogP contribution in [0, 0.1) is 23.7 Å². The lowest BCUT2D eigenvalue weighted by Gasteiger charge is -2.33. The fourth-order valence-corrected chi connectivity index (χ4v) is 2.91. The molecule has 4 unspecified atom stereocenters. The zero-order valence-corrected chi connectivity index (χ0v) is 13.1. The van der Waals surface area contributed by atoms with E-state index in [9.17, 15) is 24.3 Å². The molecule has 0 saturated carbocycles. The predicted octanol–water partition coefficient (Wildman–Crippen LogP) is 0.707. The minimum absolute atomic E-state index is 0.0641. The first-order valence-corrected chi connectivity index (χ1v) is 7.01. The van der Waals surface area contributed by atoms with Crippen LogP contribution in [0.1, 0.15) is 19.8 Å². The van der Waals surface area contributed by atoms with Gasteiger partial charge in [0.1, 0.15) is 0 Å². The van der Waals surface area contributed by atoms with E-state index in [0.717, 1.165) is 0 Å². The van der Waals surface area contributed by atoms with Crippen molar-refractivity contribution >= 4 is 23.9 Å². The van der Waals surface area contributed by atoms with Crippen molar-refractivity contribution in [2.75, 3.05) is 14.2 Å². The van der Waals surface area contributed by atoms with E-state index in [0.29, 0.717) is 5.57 Å². The standard InChI is InChI=1S/C15H20O8/c1-7-4-9(13(17)18)10(14(19)20)5-8(7)11(15(21)23-3)6-12(16)22-2/h4,8-11H,5-6H2,1-3H3,(H,17,18)(H,19,20). The molecule has 8 nitrogen and oxygen atoms in total. The Morgan fingerprint density at radius 1 is 1.17 bits per heavy atom. The van der Waals surface area contributed by atoms with Crippen molar-refractivity contribution in [1.29, 1.82) is 0 Å². The van der Waals surface area contributed by atoms with Crippen molar-refractivity contribution in [3.05, 3.63) is 11.6 Å². The monoisotopic (exact) mass is 328 g/mol. The van der Waals surface area contributed by atoms with E-state index in [-0.39, 0.29) is 12.8 Å². The van der Waals surface area contributed by atoms with E-state index in [1.165, 1.54) is 20.3 Å². The van der Waals surface area contributed by atoms with Crippen molar-refractivity contribution in [1.82, 2.24) is 0 Å². The number of carbonyl (C=O) groups excluding carboxylic acids is 2. The lowest BCUT2D eigenvalue weighted by molar-refractivity contribution is -0.156. The molecule has 0 amide bonds. The Morgan fingerprint density at radius 3 is 2.22 bits per heavy atom. The quantitative estimate of drug-likeness (QED) is 0.539. The van der Waals surface area contributed by atoms with E-state index in [1.54, 1.807) is 6.92 Å². The molecule has 0 spiro atoms. The molecule has 23 heavy (non-hydrogen) atoms. The second-order valence-electron chi connectivity index (χ2n) is 5.47. The van der Waals surface area contributed by atoms with Crippen LogP contribution in [0.15, 0.2) is 11.6 Å². The van der Waals surface area contributed by atoms with E-state index in [4.69, 9.17) is 9.84 Å². The largest absolute Gasteiger partial charge is 0.481 e. The number of hydrogen-bond donors (Lipinski definition) is 2. The minimum atomic E-state index is -1.26. The topological polar surface area (TPSA) is 127 Å². The molecule has 128 valence electrons. The molecule has 8 heteroatoms. The number of ether oxygens (including phenoxy) is 2. The van der Waals surface area contributed by atoms with Crippen LogP contribution in [0.25, 0.3) is 0 Å². The highest BCUT2D eigenvalue weighted by Gasteiger charge is 2.43. The summed E-state index contributed by atoms with van der Waals surface area (Å²) in [5.74, 6) is -7.64. The highest BCUT2D eigenvalue weighted by molar-refractivity contribution is 5.83. The molecule has 0 heterocycles. The Bertz CT molecular complexity index is 536. The molecule has 0 fully saturated rings. The molecule has 0 aromatic rings. The number of carbonyl (C=O) groups is 4. The molecule has 2 N–H and O–H groups in total. The predicted molar refractivity (Wildman–Crippen MR) is 76.3 cm³/mol. The van der Waals surface area contributed by atoms with Crippen molar-refractivity contribution in [3.63, 3.8) is 0 Å². The number of esters is 2. The Hall–Kier alpha value is -2.38. The third-order valence-electron chi connectivity index (χ3n) is 4.17. The van der Waals surface area contributed by atoms with Crippen LogP contribution < -0.4 is 0 Å². The van der Waals surface area contributed by atoms with Crippen LogP contribution in [0.2, 0.25) is 0 Å². The summed E-state index contributed by atoms with van der Waals surface area (Å²) in [5, 5.41) is 18.4. The molecular weight excluding hydrogens is 308 g/mol. The fourth-order valence-electron chi connectivity index (χ4n) is 2.91. The molecule has 0 aromatic heterocycles. The van der Waals surface area contributed by atoms with Gasteiger partial charge in [0.15, 0.2) is 0 Å². The average molecular weight is 328 g/mol. The van der Waals surface area contributed by atoms with Crippen LogP contribution in [-0.2, 0) is 28.7 Å². The Morgan fingerprint density at radius 2 is 1.78 bits per heavy atom. The van der Waals surface area contributed by atoms with Gasteiger partial charge in [0.05, 0.1) is 38.4 Å². The zero-order valence-electron chi connectivity index (χ0n) is 13.1. The van der Waals surface area contributed by atoms with Crippen molar-refractivity contribution < 1.29 is 38.9 Å². The van der Waals surface area contributed by atoms with E-state index >= 15 is 0 Å². The Balaban J connectivity index is 3.18. The van der Waals surface area contributed by atoms with Gasteiger partial charge in [-0.15, -0.1) is 0 Å². The number of carboxylic acids is 2. The second-order valence-corrected chi connectivity index (χ2v) is 5.47. The highest BCUT2D eigenvalue weighted by atomic mass is 16.5. The molecule has 1 aliphatic rings. The molecule has 1 rings (SSSR count). The molecule has 0 aromatic carbocycles. The maximum atomic E-state index is 12.0. The van der Waals surface area contributed by atoms with Crippen molar-refractivity contribution in [2.24, 2.45) is 23.7 Å². The molecule has 0 bridgehead atoms. The van der Waals surface area contributed by atoms with Gasteiger partial charge >= 0.3 is 23.9 Å². The summed E-state index contributed by atoms with van der Waals surface area (Å²) >= 11 is 0. The van der Waals surface area contributed by atoms with Gasteiger partial charge in [-0.05, 0) is 19.3 Å². The first kappa shape index (κ1) is 18.7. The first-order valence-electron chi connectivity index (χ1n) is 7.01. The maximum absolute atomic E-state index is 12.0. The summed E-state index contributed by atoms with van der Waals surface area (Å²) in [6, 6.07) is 0. The summed E-state index contributed by atoms with van der Waals surface area (Å²) in [5.41, 5.74) is 0.550. The number of rotatable bonds is 6. The highest BCUT2D eigenvalue weighted by Crippen LogP contribution is 2.39. The van der Waals surface area contributed by atoms with Gasteiger partial charge < -0.3 is 19.7 Å². The molecule has 0 saturated heterocycles. The van der Waals surface area contributed by atoms with Crippen LogP contribution in [0.5, 0.6) is 0 Å². The summed E-state index contributed by atoms with van der Waals surface area (Å²) in [7, 11) is 2.35. The summed E-state index contributed by atoms with van der Waals surface area (Å²) in [4.78, 5) is 46.1. The molecule has 0 aliphatic heterocycles. The zero-order chi connectivity index (χ0) is 17.7. The molecule has 4 atom stereocenters. The Labute approximate surface area is 133 Å². The van der Waals surface area contributed by atoms with Crippen molar-refractivity contribution in [3.8, 4) is 0 Å². The van der Waals surface area contributed by atoms with Crippen molar-refractivity contribution in [2.45, 2.75) is 19.8 Å². The number of allylic oxidation sites excluding steroid dienone is 1. The summed E-state index contributed by atoms with van der Waals surface area (Å²) < 4.78 is 9.25. The SMILES string of the molecule is COC(=O)CC(C(=O)OC)C1CC(C(=O)O)C(C(=O)O)C=C1C. The van der Waals surface area contributed by atoms with Gasteiger partial charge in [0.2, 0.25) is 0 Å². The molecule has 1 aliphatic carbocycles. The minimum Gasteiger partial charge on any atom is -0.481 e. The summed E-state index contributed by atoms with van der Waals surface area (Å²) in [6.07, 6.45) is 1.01. The normalized spacial score (nSPS) is 25.0. The fraction of sp³-hybridized carbons (Fsp3) is 0.600. The average Bonchev–Trinajstić information content (AvgIpc) is 2.51. The van der Waals surface area contributed by atoms with E-state index in [1.807, 2.05) is 0 Å². The number of methoxy groups -OCH3 is 2. The van der Waals surface area contributed by atoms with E-state index < -0.39 is 47.5 Å². The van der Waals surface area contributed by atoms with Gasteiger partial charge in [0.25, 0.3) is 0 Å². The molecule has 0 radical (unpaired) electrons. The number of hydrogen-bond acceptors (Lipinski definition) is 6. The third-order valence-corrected chi connectivity index (χ3v) is 4.17. The smallest absolute Gasteiger partial charge is 0.311 e. The van der Waals surface area contributed by atoms with Gasteiger partial charge in [-0.1, -0.05) is 11.6 Å². The van der Waals surface area contributed by atoms with Gasteiger partial charge in [0, 0.05) is 0 Å². The Kier molecular flexibility index (Phi) is 6.29. The third kappa shape index (κ3) is 4.30. The number of aliphatic carboxylic acids is 2. The lowest BCUT2D eigenvalue weighted by atomic mass is 9.70. The van der Waals surface area contributed by atoms with Crippen LogP contribution in [0.4, 0.5) is 0 Å². The first-order chi connectivity index (χ1) is 10.7. The summed E-state index contributed by atoms with van der Waals surface area (Å²) in [6.45, 7) is 1.62. The van der Waals surface area contributed by atoms with Gasteiger partial charge in [-0.25, -0.2) is 0 Å². The lowest BCUT2D eigenvalue weighted by Crippen LogP contribution is -2.39. The molecular formula is C15H20O8. The van der Waals surface area contributed by atoms with Crippen LogP contribution in [-0.4, -0.2) is 48.3 Å². The van der Waals surface area contributed by atoms with Gasteiger partial charge in [-0.2, -0.15) is 0 Å². The van der Waals surface area contributed by atoms with Gasteiger partial charge in [-0.3, -0.25) is 19.2 Å². The van der Waals surface area contributed by atoms with E-state index in [2.05, 4.69) is 4.74 Å². The number of carboxylic acid groups (broad SMARTS) is 2. The maximum Gasteiger partial charge on any atom is 0.311 e. The second kappa shape index (κ2) is 7.75.